The minimum Gasteiger partial charge on any atom is -0.459 e. The van der Waals surface area contributed by atoms with Crippen LogP contribution in [-0.2, 0) is 4.74 Å². The first-order chi connectivity index (χ1) is 10.0. The molecule has 0 bridgehead atoms. The van der Waals surface area contributed by atoms with Crippen molar-refractivity contribution in [2.75, 3.05) is 6.61 Å². The first-order valence-corrected chi connectivity index (χ1v) is 6.63. The van der Waals surface area contributed by atoms with Gasteiger partial charge in [0.25, 0.3) is 5.22 Å². The zero-order chi connectivity index (χ0) is 15.4. The van der Waals surface area contributed by atoms with Gasteiger partial charge in [-0.05, 0) is 31.7 Å². The summed E-state index contributed by atoms with van der Waals surface area (Å²) in [4.78, 5) is 25.8. The molecule has 0 aliphatic rings. The van der Waals surface area contributed by atoms with E-state index in [4.69, 9.17) is 9.15 Å². The number of aromatic nitrogens is 3. The number of esters is 1. The third-order valence-corrected chi connectivity index (χ3v) is 3.15. The minimum atomic E-state index is -0.747. The molecule has 0 saturated carbocycles. The number of carbonyl (C=O) groups excluding carboxylic acids is 1. The zero-order valence-corrected chi connectivity index (χ0v) is 11.9. The molecule has 0 aliphatic heterocycles. The Morgan fingerprint density at radius 2 is 2.29 bits per heavy atom. The predicted octanol–water partition coefficient (Wildman–Crippen LogP) is 2.01. The van der Waals surface area contributed by atoms with E-state index in [0.29, 0.717) is 5.56 Å². The summed E-state index contributed by atoms with van der Waals surface area (Å²) in [6.07, 6.45) is 1.44. The summed E-state index contributed by atoms with van der Waals surface area (Å²) in [5.74, 6) is -1.06. The van der Waals surface area contributed by atoms with Crippen LogP contribution in [0.15, 0.2) is 26.9 Å². The molecule has 0 atom stereocenters. The number of carbonyl (C=O) groups is 1. The van der Waals surface area contributed by atoms with E-state index in [-0.39, 0.29) is 28.4 Å². The molecular weight excluding hydrogens is 300 g/mol. The van der Waals surface area contributed by atoms with Crippen molar-refractivity contribution in [1.29, 1.82) is 0 Å². The van der Waals surface area contributed by atoms with Gasteiger partial charge in [0.2, 0.25) is 0 Å². The van der Waals surface area contributed by atoms with Gasteiger partial charge in [-0.3, -0.25) is 10.1 Å². The second-order valence-electron chi connectivity index (χ2n) is 3.73. The molecule has 0 amide bonds. The van der Waals surface area contributed by atoms with Crippen molar-refractivity contribution >= 4 is 23.4 Å². The Morgan fingerprint density at radius 3 is 2.95 bits per heavy atom. The summed E-state index contributed by atoms with van der Waals surface area (Å²) in [5.41, 5.74) is 0.320. The minimum absolute atomic E-state index is 0.0285. The van der Waals surface area contributed by atoms with Crippen molar-refractivity contribution in [1.82, 2.24) is 15.2 Å². The van der Waals surface area contributed by atoms with E-state index in [0.717, 1.165) is 11.8 Å². The highest BCUT2D eigenvalue weighted by Crippen LogP contribution is 2.34. The molecule has 0 N–H and O–H groups in total. The molecule has 0 fully saturated rings. The predicted molar refractivity (Wildman–Crippen MR) is 70.0 cm³/mol. The Kier molecular flexibility index (Phi) is 4.48. The Balaban J connectivity index is 2.25. The van der Waals surface area contributed by atoms with Crippen molar-refractivity contribution in [2.45, 2.75) is 24.1 Å². The summed E-state index contributed by atoms with van der Waals surface area (Å²) < 4.78 is 9.78. The lowest BCUT2D eigenvalue weighted by Gasteiger charge is -2.00. The fraction of sp³-hybridized carbons (Fsp3) is 0.273. The molecule has 10 heteroatoms. The highest BCUT2D eigenvalue weighted by atomic mass is 32.2. The van der Waals surface area contributed by atoms with E-state index >= 15 is 0 Å². The maximum Gasteiger partial charge on any atom is 0.396 e. The van der Waals surface area contributed by atoms with Crippen LogP contribution in [-0.4, -0.2) is 32.7 Å². The standard InChI is InChI=1S/C11H10N4O5S/c1-3-19-10(16)8-13-14-11(20-8)21-9-7(15(17)18)6(2)4-5-12-9/h4-5H,3H2,1-2H3. The largest absolute Gasteiger partial charge is 0.459 e. The Bertz CT molecular complexity index is 687. The highest BCUT2D eigenvalue weighted by molar-refractivity contribution is 7.99. The van der Waals surface area contributed by atoms with Gasteiger partial charge in [0.15, 0.2) is 5.03 Å². The van der Waals surface area contributed by atoms with E-state index in [9.17, 15) is 14.9 Å². The number of pyridine rings is 1. The van der Waals surface area contributed by atoms with Crippen LogP contribution in [0.5, 0.6) is 0 Å². The van der Waals surface area contributed by atoms with Crippen LogP contribution in [0.2, 0.25) is 0 Å². The van der Waals surface area contributed by atoms with Crippen LogP contribution in [0.4, 0.5) is 5.69 Å². The van der Waals surface area contributed by atoms with Gasteiger partial charge in [-0.2, -0.15) is 0 Å². The van der Waals surface area contributed by atoms with Crippen molar-refractivity contribution < 1.29 is 18.9 Å². The van der Waals surface area contributed by atoms with Gasteiger partial charge >= 0.3 is 17.5 Å². The lowest BCUT2D eigenvalue weighted by Crippen LogP contribution is -2.04. The fourth-order valence-corrected chi connectivity index (χ4v) is 2.24. The topological polar surface area (TPSA) is 121 Å². The Morgan fingerprint density at radius 1 is 1.52 bits per heavy atom. The molecule has 9 nitrogen and oxygen atoms in total. The number of nitrogens with zero attached hydrogens (tertiary/aromatic N) is 4. The lowest BCUT2D eigenvalue weighted by molar-refractivity contribution is -0.388. The van der Waals surface area contributed by atoms with Gasteiger partial charge in [-0.25, -0.2) is 9.78 Å². The molecule has 0 unspecified atom stereocenters. The van der Waals surface area contributed by atoms with Crippen LogP contribution in [0.3, 0.4) is 0 Å². The highest BCUT2D eigenvalue weighted by Gasteiger charge is 2.23. The molecule has 0 saturated heterocycles. The van der Waals surface area contributed by atoms with Crippen LogP contribution in [0.1, 0.15) is 23.2 Å². The van der Waals surface area contributed by atoms with Gasteiger partial charge in [0.05, 0.1) is 11.5 Å². The normalized spacial score (nSPS) is 10.4. The van der Waals surface area contributed by atoms with E-state index in [1.54, 1.807) is 13.8 Å². The summed E-state index contributed by atoms with van der Waals surface area (Å²) in [5, 5.41) is 18.3. The molecule has 0 spiro atoms. The van der Waals surface area contributed by atoms with E-state index in [2.05, 4.69) is 15.2 Å². The first-order valence-electron chi connectivity index (χ1n) is 5.81. The summed E-state index contributed by atoms with van der Waals surface area (Å²) in [7, 11) is 0. The summed E-state index contributed by atoms with van der Waals surface area (Å²) in [6.45, 7) is 3.42. The van der Waals surface area contributed by atoms with Crippen molar-refractivity contribution in [2.24, 2.45) is 0 Å². The molecule has 0 aliphatic carbocycles. The molecule has 110 valence electrons. The smallest absolute Gasteiger partial charge is 0.396 e. The lowest BCUT2D eigenvalue weighted by atomic mass is 10.3. The maximum atomic E-state index is 11.4. The number of hydrogen-bond acceptors (Lipinski definition) is 9. The number of rotatable bonds is 5. The molecule has 2 aromatic heterocycles. The van der Waals surface area contributed by atoms with Gasteiger partial charge in [0.1, 0.15) is 0 Å². The van der Waals surface area contributed by atoms with E-state index in [1.165, 1.54) is 12.3 Å². The van der Waals surface area contributed by atoms with Gasteiger partial charge < -0.3 is 9.15 Å². The molecule has 2 aromatic rings. The number of nitro groups is 1. The quantitative estimate of drug-likeness (QED) is 0.463. The second-order valence-corrected chi connectivity index (χ2v) is 4.67. The third-order valence-electron chi connectivity index (χ3n) is 2.32. The maximum absolute atomic E-state index is 11.4. The molecular formula is C11H10N4O5S. The van der Waals surface area contributed by atoms with Crippen LogP contribution >= 0.6 is 11.8 Å². The van der Waals surface area contributed by atoms with Crippen molar-refractivity contribution in [3.8, 4) is 0 Å². The molecule has 21 heavy (non-hydrogen) atoms. The monoisotopic (exact) mass is 310 g/mol. The van der Waals surface area contributed by atoms with Crippen LogP contribution in [0, 0.1) is 17.0 Å². The fourth-order valence-electron chi connectivity index (χ4n) is 1.43. The summed E-state index contributed by atoms with van der Waals surface area (Å²) in [6, 6.07) is 1.53. The molecule has 0 aromatic carbocycles. The van der Waals surface area contributed by atoms with Gasteiger partial charge in [0, 0.05) is 11.8 Å². The number of ether oxygens (including phenoxy) is 1. The number of hydrogen-bond donors (Lipinski definition) is 0. The van der Waals surface area contributed by atoms with Crippen molar-refractivity contribution in [3.05, 3.63) is 33.8 Å². The average molecular weight is 310 g/mol. The molecule has 0 radical (unpaired) electrons. The van der Waals surface area contributed by atoms with Crippen LogP contribution < -0.4 is 0 Å². The zero-order valence-electron chi connectivity index (χ0n) is 11.1. The van der Waals surface area contributed by atoms with Gasteiger partial charge in [-0.15, -0.1) is 5.10 Å². The SMILES string of the molecule is CCOC(=O)c1nnc(Sc2nccc(C)c2[N+](=O)[O-])o1. The molecule has 2 rings (SSSR count). The number of aryl methyl sites for hydroxylation is 1. The second kappa shape index (κ2) is 6.31. The summed E-state index contributed by atoms with van der Waals surface area (Å²) >= 11 is 0.812. The van der Waals surface area contributed by atoms with Crippen LogP contribution in [0.25, 0.3) is 0 Å². The third kappa shape index (κ3) is 3.34. The Labute approximate surface area is 122 Å². The van der Waals surface area contributed by atoms with Gasteiger partial charge in [-0.1, -0.05) is 5.10 Å². The first kappa shape index (κ1) is 14.9. The molecule has 2 heterocycles. The average Bonchev–Trinajstić information content (AvgIpc) is 2.87. The van der Waals surface area contributed by atoms with E-state index < -0.39 is 10.9 Å². The van der Waals surface area contributed by atoms with E-state index in [1.807, 2.05) is 0 Å². The Hall–Kier alpha value is -2.49. The van der Waals surface area contributed by atoms with Crippen molar-refractivity contribution in [3.63, 3.8) is 0 Å².